The number of alkyl halides is 3. The zero-order valence-electron chi connectivity index (χ0n) is 21.7. The van der Waals surface area contributed by atoms with Gasteiger partial charge in [0.05, 0.1) is 23.4 Å². The number of anilines is 2. The summed E-state index contributed by atoms with van der Waals surface area (Å²) in [6.07, 6.45) is -5.15. The molecule has 0 atom stereocenters. The Hall–Kier alpha value is -3.91. The van der Waals surface area contributed by atoms with Crippen LogP contribution < -0.4 is 15.5 Å². The van der Waals surface area contributed by atoms with Crippen LogP contribution in [0.2, 0.25) is 5.02 Å². The third-order valence-corrected chi connectivity index (χ3v) is 6.80. The number of aromatic nitrogens is 2. The van der Waals surface area contributed by atoms with Crippen LogP contribution in [0.1, 0.15) is 32.8 Å². The molecule has 2 heterocycles. The van der Waals surface area contributed by atoms with Crippen LogP contribution in [0.4, 0.5) is 33.3 Å². The van der Waals surface area contributed by atoms with Crippen molar-refractivity contribution in [3.8, 4) is 5.88 Å². The van der Waals surface area contributed by atoms with E-state index in [2.05, 4.69) is 15.7 Å². The van der Waals surface area contributed by atoms with Gasteiger partial charge < -0.3 is 20.6 Å². The van der Waals surface area contributed by atoms with E-state index in [0.717, 1.165) is 22.9 Å². The van der Waals surface area contributed by atoms with Crippen LogP contribution >= 0.6 is 11.6 Å². The van der Waals surface area contributed by atoms with Gasteiger partial charge in [-0.15, -0.1) is 0 Å². The molecule has 1 aliphatic heterocycles. The Morgan fingerprint density at radius 1 is 1.02 bits per heavy atom. The number of hydrogen-bond acceptors (Lipinski definition) is 6. The van der Waals surface area contributed by atoms with Crippen LogP contribution in [0.3, 0.4) is 0 Å². The summed E-state index contributed by atoms with van der Waals surface area (Å²) in [5, 5.41) is 18.6. The first-order chi connectivity index (χ1) is 19.3. The molecule has 0 aliphatic carbocycles. The molecule has 0 unspecified atom stereocenters. The van der Waals surface area contributed by atoms with E-state index in [0.29, 0.717) is 36.9 Å². The molecule has 3 aromatic rings. The smallest absolute Gasteiger partial charge is 0.390 e. The molecule has 4 rings (SSSR count). The van der Waals surface area contributed by atoms with E-state index in [1.54, 1.807) is 11.0 Å². The Morgan fingerprint density at radius 2 is 1.73 bits per heavy atom. The first kappa shape index (κ1) is 30.1. The van der Waals surface area contributed by atoms with Gasteiger partial charge in [-0.25, -0.2) is 13.5 Å². The zero-order chi connectivity index (χ0) is 29.9. The first-order valence-corrected chi connectivity index (χ1v) is 12.8. The Morgan fingerprint density at radius 3 is 2.37 bits per heavy atom. The van der Waals surface area contributed by atoms with Crippen molar-refractivity contribution in [3.63, 3.8) is 0 Å². The molecule has 0 radical (unpaired) electrons. The zero-order valence-corrected chi connectivity index (χ0v) is 22.5. The second kappa shape index (κ2) is 12.3. The topological polar surface area (TPSA) is 103 Å². The Labute approximate surface area is 236 Å². The fourth-order valence-electron chi connectivity index (χ4n) is 4.29. The van der Waals surface area contributed by atoms with E-state index in [1.165, 1.54) is 19.2 Å². The number of carbonyl (C=O) groups excluding carboxylic acids is 2. The normalized spacial score (nSPS) is 14.3. The lowest BCUT2D eigenvalue weighted by molar-refractivity contribution is -0.138. The lowest BCUT2D eigenvalue weighted by atomic mass is 10.1. The molecule has 1 aromatic heterocycles. The molecule has 220 valence electrons. The minimum absolute atomic E-state index is 0.117. The summed E-state index contributed by atoms with van der Waals surface area (Å²) < 4.78 is 68.5. The van der Waals surface area contributed by atoms with Crippen molar-refractivity contribution in [2.45, 2.75) is 19.1 Å². The Kier molecular flexibility index (Phi) is 9.02. The highest BCUT2D eigenvalue weighted by molar-refractivity contribution is 6.31. The van der Waals surface area contributed by atoms with Crippen molar-refractivity contribution in [2.24, 2.45) is 7.05 Å². The standard InChI is InChI=1S/C26H26ClF5N6O3/c1-36-21(39)13-19(35-36)25(41)33-14-15-2-4-17(23(29)22(15)28)24(40)34-18-5-3-16(27)12-20(18)38-10-8-37(9-11-38)7-6-26(30,31)32/h2-5,12-13,39H,6-11,14H2,1H3,(H,33,41)(H,34,40). The van der Waals surface area contributed by atoms with Gasteiger partial charge in [0.15, 0.2) is 17.3 Å². The fourth-order valence-corrected chi connectivity index (χ4v) is 4.46. The number of rotatable bonds is 8. The van der Waals surface area contributed by atoms with E-state index in [-0.39, 0.29) is 29.4 Å². The van der Waals surface area contributed by atoms with Gasteiger partial charge in [-0.05, 0) is 24.3 Å². The average molecular weight is 601 g/mol. The van der Waals surface area contributed by atoms with Crippen LogP contribution in [0.5, 0.6) is 5.88 Å². The van der Waals surface area contributed by atoms with Gasteiger partial charge in [0, 0.05) is 63.0 Å². The molecule has 2 amide bonds. The van der Waals surface area contributed by atoms with E-state index in [1.807, 2.05) is 4.90 Å². The first-order valence-electron chi connectivity index (χ1n) is 12.5. The maximum absolute atomic E-state index is 14.9. The predicted octanol–water partition coefficient (Wildman–Crippen LogP) is 4.31. The van der Waals surface area contributed by atoms with Gasteiger partial charge in [0.2, 0.25) is 5.88 Å². The molecule has 0 spiro atoms. The SMILES string of the molecule is Cn1nc(C(=O)NCc2ccc(C(=O)Nc3ccc(Cl)cc3N3CCN(CCC(F)(F)F)CC3)c(F)c2F)cc1O. The molecular weight excluding hydrogens is 575 g/mol. The third kappa shape index (κ3) is 7.44. The van der Waals surface area contributed by atoms with Crippen LogP contribution in [0.15, 0.2) is 36.4 Å². The molecule has 0 saturated carbocycles. The second-order valence-corrected chi connectivity index (χ2v) is 9.84. The Bertz CT molecular complexity index is 1420. The summed E-state index contributed by atoms with van der Waals surface area (Å²) >= 11 is 6.15. The molecule has 1 fully saturated rings. The molecule has 1 saturated heterocycles. The van der Waals surface area contributed by atoms with Gasteiger partial charge in [-0.2, -0.15) is 18.3 Å². The van der Waals surface area contributed by atoms with E-state index in [4.69, 9.17) is 11.6 Å². The van der Waals surface area contributed by atoms with Gasteiger partial charge in [-0.1, -0.05) is 17.7 Å². The number of aryl methyl sites for hydroxylation is 1. The average Bonchev–Trinajstić information content (AvgIpc) is 3.27. The summed E-state index contributed by atoms with van der Waals surface area (Å²) in [6, 6.07) is 7.93. The van der Waals surface area contributed by atoms with Gasteiger partial charge >= 0.3 is 6.18 Å². The van der Waals surface area contributed by atoms with Gasteiger partial charge in [0.1, 0.15) is 0 Å². The summed E-state index contributed by atoms with van der Waals surface area (Å²) in [5.41, 5.74) is -0.170. The van der Waals surface area contributed by atoms with Crippen LogP contribution in [-0.4, -0.2) is 70.5 Å². The number of amides is 2. The Balaban J connectivity index is 1.42. The highest BCUT2D eigenvalue weighted by atomic mass is 35.5. The van der Waals surface area contributed by atoms with Crippen LogP contribution in [0.25, 0.3) is 0 Å². The second-order valence-electron chi connectivity index (χ2n) is 9.40. The summed E-state index contributed by atoms with van der Waals surface area (Å²) in [5.74, 6) is -4.66. The van der Waals surface area contributed by atoms with E-state index >= 15 is 0 Å². The molecule has 9 nitrogen and oxygen atoms in total. The van der Waals surface area contributed by atoms with Crippen LogP contribution in [0, 0.1) is 11.6 Å². The van der Waals surface area contributed by atoms with Crippen molar-refractivity contribution in [3.05, 3.63) is 69.9 Å². The molecule has 0 bridgehead atoms. The maximum atomic E-state index is 14.9. The molecule has 2 aromatic carbocycles. The molecular formula is C26H26ClF5N6O3. The molecule has 3 N–H and O–H groups in total. The highest BCUT2D eigenvalue weighted by Gasteiger charge is 2.29. The number of benzene rings is 2. The number of nitrogens with one attached hydrogen (secondary N) is 2. The number of piperazine rings is 1. The number of carbonyl (C=O) groups is 2. The lowest BCUT2D eigenvalue weighted by Crippen LogP contribution is -2.47. The number of hydrogen-bond donors (Lipinski definition) is 3. The maximum Gasteiger partial charge on any atom is 0.390 e. The molecule has 41 heavy (non-hydrogen) atoms. The van der Waals surface area contributed by atoms with Crippen molar-refractivity contribution < 1.29 is 36.6 Å². The minimum atomic E-state index is -4.24. The lowest BCUT2D eigenvalue weighted by Gasteiger charge is -2.37. The summed E-state index contributed by atoms with van der Waals surface area (Å²) in [4.78, 5) is 28.7. The van der Waals surface area contributed by atoms with Gasteiger partial charge in [-0.3, -0.25) is 14.5 Å². The molecule has 1 aliphatic rings. The van der Waals surface area contributed by atoms with Crippen molar-refractivity contribution in [2.75, 3.05) is 42.9 Å². The monoisotopic (exact) mass is 600 g/mol. The van der Waals surface area contributed by atoms with Crippen molar-refractivity contribution in [1.29, 1.82) is 0 Å². The largest absolute Gasteiger partial charge is 0.493 e. The fraction of sp³-hybridized carbons (Fsp3) is 0.346. The molecule has 15 heteroatoms. The summed E-state index contributed by atoms with van der Waals surface area (Å²) in [7, 11) is 1.42. The van der Waals surface area contributed by atoms with Gasteiger partial charge in [0.25, 0.3) is 11.8 Å². The third-order valence-electron chi connectivity index (χ3n) is 6.57. The summed E-state index contributed by atoms with van der Waals surface area (Å²) in [6.45, 7) is 0.917. The minimum Gasteiger partial charge on any atom is -0.493 e. The highest BCUT2D eigenvalue weighted by Crippen LogP contribution is 2.31. The van der Waals surface area contributed by atoms with Crippen molar-refractivity contribution in [1.82, 2.24) is 20.0 Å². The van der Waals surface area contributed by atoms with Crippen molar-refractivity contribution >= 4 is 34.8 Å². The quantitative estimate of drug-likeness (QED) is 0.333. The predicted molar refractivity (Wildman–Crippen MR) is 141 cm³/mol. The van der Waals surface area contributed by atoms with Crippen LogP contribution in [-0.2, 0) is 13.6 Å². The van der Waals surface area contributed by atoms with E-state index < -0.39 is 48.2 Å². The number of aromatic hydroxyl groups is 1. The number of halogens is 6. The van der Waals surface area contributed by atoms with E-state index in [9.17, 15) is 36.6 Å². The number of nitrogens with zero attached hydrogens (tertiary/aromatic N) is 4.